The highest BCUT2D eigenvalue weighted by Crippen LogP contribution is 2.37. The predicted octanol–water partition coefficient (Wildman–Crippen LogP) is 3.29. The lowest BCUT2D eigenvalue weighted by molar-refractivity contribution is 0.275. The first-order valence-electron chi connectivity index (χ1n) is 7.89. The van der Waals surface area contributed by atoms with Crippen LogP contribution in [0.2, 0.25) is 0 Å². The molecular weight excluding hydrogens is 258 g/mol. The quantitative estimate of drug-likeness (QED) is 0.856. The highest BCUT2D eigenvalue weighted by atomic mass is 15.2. The van der Waals surface area contributed by atoms with Crippen LogP contribution in [0.15, 0.2) is 42.7 Å². The summed E-state index contributed by atoms with van der Waals surface area (Å²) >= 11 is 0. The fourth-order valence-electron chi connectivity index (χ4n) is 3.11. The second-order valence-corrected chi connectivity index (χ2v) is 6.07. The second kappa shape index (κ2) is 5.49. The largest absolute Gasteiger partial charge is 0.331 e. The summed E-state index contributed by atoms with van der Waals surface area (Å²) in [5.41, 5.74) is 4.05. The Hall–Kier alpha value is -1.87. The molecule has 1 aliphatic carbocycles. The highest BCUT2D eigenvalue weighted by molar-refractivity contribution is 5.48. The number of imidazole rings is 1. The molecule has 0 atom stereocenters. The van der Waals surface area contributed by atoms with E-state index in [1.165, 1.54) is 29.8 Å². The molecule has 1 saturated carbocycles. The molecule has 0 saturated heterocycles. The molecule has 21 heavy (non-hydrogen) atoms. The molecule has 2 aromatic rings. The van der Waals surface area contributed by atoms with Gasteiger partial charge in [-0.15, -0.1) is 0 Å². The van der Waals surface area contributed by atoms with Crippen LogP contribution in [-0.4, -0.2) is 27.5 Å². The van der Waals surface area contributed by atoms with Crippen LogP contribution in [0.3, 0.4) is 0 Å². The van der Waals surface area contributed by atoms with Crippen LogP contribution in [0.4, 0.5) is 0 Å². The van der Waals surface area contributed by atoms with E-state index in [2.05, 4.69) is 63.3 Å². The summed E-state index contributed by atoms with van der Waals surface area (Å²) in [6.45, 7) is 3.14. The minimum absolute atomic E-state index is 0.755. The summed E-state index contributed by atoms with van der Waals surface area (Å²) < 4.78 is 2.42. The van der Waals surface area contributed by atoms with Gasteiger partial charge in [-0.2, -0.15) is 0 Å². The van der Waals surface area contributed by atoms with Crippen LogP contribution < -0.4 is 0 Å². The molecule has 3 nitrogen and oxygen atoms in total. The molecule has 2 aliphatic rings. The Balaban J connectivity index is 1.38. The second-order valence-electron chi connectivity index (χ2n) is 6.07. The Morgan fingerprint density at radius 3 is 2.86 bits per heavy atom. The van der Waals surface area contributed by atoms with Gasteiger partial charge in [-0.05, 0) is 18.4 Å². The standard InChI is InChI=1S/C18H21N3/c1-2-5-15(6-3-1)7-4-11-20-12-10-18-17(13-20)19-14-21(18)16-8-9-16/h1-7,14,16H,8-13H2. The number of aromatic nitrogens is 2. The molecular formula is C18H21N3. The highest BCUT2D eigenvalue weighted by Gasteiger charge is 2.29. The molecule has 1 aromatic heterocycles. The van der Waals surface area contributed by atoms with Crippen molar-refractivity contribution in [2.24, 2.45) is 0 Å². The molecule has 0 amide bonds. The van der Waals surface area contributed by atoms with E-state index < -0.39 is 0 Å². The van der Waals surface area contributed by atoms with Crippen molar-refractivity contribution in [2.45, 2.75) is 31.8 Å². The zero-order valence-electron chi connectivity index (χ0n) is 12.3. The smallest absolute Gasteiger partial charge is 0.0954 e. The third-order valence-corrected chi connectivity index (χ3v) is 4.43. The Labute approximate surface area is 125 Å². The number of rotatable bonds is 4. The fraction of sp³-hybridized carbons (Fsp3) is 0.389. The van der Waals surface area contributed by atoms with Gasteiger partial charge in [0.2, 0.25) is 0 Å². The number of hydrogen-bond donors (Lipinski definition) is 0. The average molecular weight is 279 g/mol. The molecule has 2 heterocycles. The lowest BCUT2D eigenvalue weighted by Gasteiger charge is -2.25. The lowest BCUT2D eigenvalue weighted by Crippen LogP contribution is -2.31. The van der Waals surface area contributed by atoms with Gasteiger partial charge in [0.15, 0.2) is 0 Å². The van der Waals surface area contributed by atoms with Gasteiger partial charge in [-0.3, -0.25) is 4.90 Å². The van der Waals surface area contributed by atoms with Gasteiger partial charge in [0, 0.05) is 37.8 Å². The Morgan fingerprint density at radius 1 is 1.19 bits per heavy atom. The summed E-state index contributed by atoms with van der Waals surface area (Å²) in [6.07, 6.45) is 10.4. The number of benzene rings is 1. The van der Waals surface area contributed by atoms with Gasteiger partial charge in [0.05, 0.1) is 12.0 Å². The summed E-state index contributed by atoms with van der Waals surface area (Å²) in [5.74, 6) is 0. The number of nitrogens with zero attached hydrogens (tertiary/aromatic N) is 3. The van der Waals surface area contributed by atoms with Crippen LogP contribution in [0.5, 0.6) is 0 Å². The first-order valence-corrected chi connectivity index (χ1v) is 7.89. The summed E-state index contributed by atoms with van der Waals surface area (Å²) in [5, 5.41) is 0. The Bertz CT molecular complexity index is 638. The van der Waals surface area contributed by atoms with E-state index >= 15 is 0 Å². The molecule has 108 valence electrons. The molecule has 0 spiro atoms. The van der Waals surface area contributed by atoms with E-state index in [1.807, 2.05) is 0 Å². The van der Waals surface area contributed by atoms with Crippen LogP contribution in [0, 0.1) is 0 Å². The minimum Gasteiger partial charge on any atom is -0.331 e. The van der Waals surface area contributed by atoms with Crippen LogP contribution >= 0.6 is 0 Å². The van der Waals surface area contributed by atoms with Gasteiger partial charge >= 0.3 is 0 Å². The molecule has 0 radical (unpaired) electrons. The number of hydrogen-bond acceptors (Lipinski definition) is 2. The molecule has 0 N–H and O–H groups in total. The van der Waals surface area contributed by atoms with Crippen molar-refractivity contribution in [3.63, 3.8) is 0 Å². The minimum atomic E-state index is 0.755. The van der Waals surface area contributed by atoms with Crippen molar-refractivity contribution in [3.05, 3.63) is 59.7 Å². The van der Waals surface area contributed by atoms with Gasteiger partial charge in [-0.1, -0.05) is 42.5 Å². The molecule has 0 bridgehead atoms. The molecule has 1 fully saturated rings. The maximum Gasteiger partial charge on any atom is 0.0954 e. The topological polar surface area (TPSA) is 21.1 Å². The van der Waals surface area contributed by atoms with E-state index in [0.717, 1.165) is 32.1 Å². The Kier molecular flexibility index (Phi) is 3.36. The zero-order chi connectivity index (χ0) is 14.1. The molecule has 1 aromatic carbocycles. The third-order valence-electron chi connectivity index (χ3n) is 4.43. The van der Waals surface area contributed by atoms with Crippen LogP contribution in [-0.2, 0) is 13.0 Å². The van der Waals surface area contributed by atoms with Crippen LogP contribution in [0.1, 0.15) is 35.8 Å². The van der Waals surface area contributed by atoms with E-state index in [1.54, 1.807) is 0 Å². The monoisotopic (exact) mass is 279 g/mol. The van der Waals surface area contributed by atoms with Crippen molar-refractivity contribution in [1.82, 2.24) is 14.5 Å². The van der Waals surface area contributed by atoms with E-state index in [9.17, 15) is 0 Å². The molecule has 4 rings (SSSR count). The molecule has 0 unspecified atom stereocenters. The maximum absolute atomic E-state index is 4.63. The predicted molar refractivity (Wildman–Crippen MR) is 85.0 cm³/mol. The first-order chi connectivity index (χ1) is 10.4. The van der Waals surface area contributed by atoms with E-state index in [-0.39, 0.29) is 0 Å². The maximum atomic E-state index is 4.63. The van der Waals surface area contributed by atoms with E-state index in [0.29, 0.717) is 0 Å². The lowest BCUT2D eigenvalue weighted by atomic mass is 10.1. The summed E-state index contributed by atoms with van der Waals surface area (Å²) in [6, 6.07) is 11.3. The average Bonchev–Trinajstić information content (AvgIpc) is 3.28. The van der Waals surface area contributed by atoms with Crippen molar-refractivity contribution < 1.29 is 0 Å². The fourth-order valence-corrected chi connectivity index (χ4v) is 3.11. The third kappa shape index (κ3) is 2.79. The van der Waals surface area contributed by atoms with E-state index in [4.69, 9.17) is 0 Å². The van der Waals surface area contributed by atoms with Crippen LogP contribution in [0.25, 0.3) is 6.08 Å². The normalized spacial score (nSPS) is 19.0. The molecule has 3 heteroatoms. The van der Waals surface area contributed by atoms with Gasteiger partial charge in [0.25, 0.3) is 0 Å². The van der Waals surface area contributed by atoms with Crippen molar-refractivity contribution >= 4 is 6.08 Å². The van der Waals surface area contributed by atoms with Crippen molar-refractivity contribution in [3.8, 4) is 0 Å². The summed E-state index contributed by atoms with van der Waals surface area (Å²) in [4.78, 5) is 7.11. The van der Waals surface area contributed by atoms with Gasteiger partial charge in [0.1, 0.15) is 0 Å². The van der Waals surface area contributed by atoms with Gasteiger partial charge in [-0.25, -0.2) is 4.98 Å². The van der Waals surface area contributed by atoms with Crippen molar-refractivity contribution in [2.75, 3.05) is 13.1 Å². The first kappa shape index (κ1) is 12.8. The molecule has 1 aliphatic heterocycles. The summed E-state index contributed by atoms with van der Waals surface area (Å²) in [7, 11) is 0. The number of fused-ring (bicyclic) bond motifs is 1. The van der Waals surface area contributed by atoms with Crippen molar-refractivity contribution in [1.29, 1.82) is 0 Å². The SMILES string of the molecule is C(=Cc1ccccc1)CN1CCc2c(ncn2C2CC2)C1. The Morgan fingerprint density at radius 2 is 2.05 bits per heavy atom. The van der Waals surface area contributed by atoms with Gasteiger partial charge < -0.3 is 4.57 Å². The zero-order valence-corrected chi connectivity index (χ0v) is 12.3.